The fraction of sp³-hybridized carbons (Fsp3) is 0. The number of nitrogens with zero attached hydrogens (tertiary/aromatic N) is 4. The molecule has 0 radical (unpaired) electrons. The molecule has 0 amide bonds. The van der Waals surface area contributed by atoms with E-state index in [-0.39, 0.29) is 0 Å². The second-order valence-corrected chi connectivity index (χ2v) is 16.3. The van der Waals surface area contributed by atoms with Crippen LogP contribution in [0.2, 0.25) is 0 Å². The maximum atomic E-state index is 7.11. The van der Waals surface area contributed by atoms with Gasteiger partial charge >= 0.3 is 0 Å². The molecule has 0 aliphatic heterocycles. The Bertz CT molecular complexity index is 4230. The number of fused-ring (bicyclic) bond motifs is 13. The third kappa shape index (κ3) is 5.03. The van der Waals surface area contributed by atoms with Gasteiger partial charge in [0.05, 0.1) is 27.8 Å². The summed E-state index contributed by atoms with van der Waals surface area (Å²) in [5.41, 5.74) is 8.86. The maximum Gasteiger partial charge on any atom is 0.167 e. The summed E-state index contributed by atoms with van der Waals surface area (Å²) in [6.45, 7) is 0. The monoisotopic (exact) mass is 804 g/mol. The number of benzene rings is 10. The molecule has 0 saturated carbocycles. The molecule has 10 aromatic carbocycles. The van der Waals surface area contributed by atoms with Crippen molar-refractivity contribution in [2.24, 2.45) is 0 Å². The molecule has 0 N–H and O–H groups in total. The van der Waals surface area contributed by atoms with Crippen LogP contribution < -0.4 is 0 Å². The lowest BCUT2D eigenvalue weighted by Gasteiger charge is -2.13. The first-order valence-electron chi connectivity index (χ1n) is 21.2. The van der Waals surface area contributed by atoms with Crippen LogP contribution in [0.1, 0.15) is 0 Å². The van der Waals surface area contributed by atoms with Gasteiger partial charge in [-0.3, -0.25) is 0 Å². The lowest BCUT2D eigenvalue weighted by atomic mass is 10.0. The average molecular weight is 805 g/mol. The van der Waals surface area contributed by atoms with Gasteiger partial charge in [-0.05, 0) is 69.4 Å². The Hall–Kier alpha value is -8.61. The van der Waals surface area contributed by atoms with Gasteiger partial charge in [0, 0.05) is 49.3 Å². The highest BCUT2D eigenvalue weighted by Gasteiger charge is 2.23. The SMILES string of the molecule is c1ccc2cc(-c3nc(-c4cccc5c4oc4ccccc45)nc(-c4cccc5c4oc4cc(-n6c7ccccc7c7cc8ccccc8cc76)c6ccccc6c45)n3)ccc2c1. The summed E-state index contributed by atoms with van der Waals surface area (Å²) in [5, 5.41) is 13.4. The third-order valence-electron chi connectivity index (χ3n) is 12.8. The van der Waals surface area contributed by atoms with Crippen molar-refractivity contribution in [1.29, 1.82) is 0 Å². The van der Waals surface area contributed by atoms with Crippen molar-refractivity contribution in [2.75, 3.05) is 0 Å². The van der Waals surface area contributed by atoms with Crippen molar-refractivity contribution in [3.05, 3.63) is 194 Å². The van der Waals surface area contributed by atoms with E-state index >= 15 is 0 Å². The van der Waals surface area contributed by atoms with E-state index in [9.17, 15) is 0 Å². The zero-order chi connectivity index (χ0) is 41.2. The largest absolute Gasteiger partial charge is 0.455 e. The molecule has 0 spiro atoms. The van der Waals surface area contributed by atoms with E-state index < -0.39 is 0 Å². The van der Waals surface area contributed by atoms with E-state index in [0.29, 0.717) is 23.1 Å². The lowest BCUT2D eigenvalue weighted by molar-refractivity contribution is 0.669. The van der Waals surface area contributed by atoms with Crippen molar-refractivity contribution < 1.29 is 8.83 Å². The van der Waals surface area contributed by atoms with Crippen LogP contribution in [0.4, 0.5) is 0 Å². The normalized spacial score (nSPS) is 12.1. The van der Waals surface area contributed by atoms with Gasteiger partial charge in [0.2, 0.25) is 0 Å². The molecule has 4 aromatic heterocycles. The Morgan fingerprint density at radius 2 is 0.905 bits per heavy atom. The lowest BCUT2D eigenvalue weighted by Crippen LogP contribution is -2.00. The van der Waals surface area contributed by atoms with Crippen LogP contribution in [0.3, 0.4) is 0 Å². The second-order valence-electron chi connectivity index (χ2n) is 16.3. The summed E-state index contributed by atoms with van der Waals surface area (Å²) in [6.07, 6.45) is 0. The topological polar surface area (TPSA) is 69.9 Å². The smallest absolute Gasteiger partial charge is 0.167 e. The zero-order valence-electron chi connectivity index (χ0n) is 33.6. The minimum atomic E-state index is 0.514. The predicted octanol–water partition coefficient (Wildman–Crippen LogP) is 15.2. The van der Waals surface area contributed by atoms with Crippen molar-refractivity contribution in [3.63, 3.8) is 0 Å². The molecule has 6 nitrogen and oxygen atoms in total. The van der Waals surface area contributed by atoms with Gasteiger partial charge in [-0.1, -0.05) is 146 Å². The van der Waals surface area contributed by atoms with E-state index in [1.165, 1.54) is 21.5 Å². The predicted molar refractivity (Wildman–Crippen MR) is 258 cm³/mol. The van der Waals surface area contributed by atoms with E-state index in [2.05, 4.69) is 168 Å². The average Bonchev–Trinajstić information content (AvgIpc) is 4.02. The highest BCUT2D eigenvalue weighted by molar-refractivity contribution is 6.23. The fourth-order valence-corrected chi connectivity index (χ4v) is 9.92. The van der Waals surface area contributed by atoms with Gasteiger partial charge in [-0.2, -0.15) is 0 Å². The minimum absolute atomic E-state index is 0.514. The Balaban J connectivity index is 1.03. The highest BCUT2D eigenvalue weighted by atomic mass is 16.3. The molecular formula is C57H32N4O2. The van der Waals surface area contributed by atoms with Crippen LogP contribution in [0.25, 0.3) is 138 Å². The number of aromatic nitrogens is 4. The highest BCUT2D eigenvalue weighted by Crippen LogP contribution is 2.44. The molecule has 63 heavy (non-hydrogen) atoms. The zero-order valence-corrected chi connectivity index (χ0v) is 33.6. The molecule has 292 valence electrons. The van der Waals surface area contributed by atoms with Crippen LogP contribution in [-0.2, 0) is 0 Å². The summed E-state index contributed by atoms with van der Waals surface area (Å²) in [4.78, 5) is 15.7. The first-order valence-corrected chi connectivity index (χ1v) is 21.2. The summed E-state index contributed by atoms with van der Waals surface area (Å²) >= 11 is 0. The number of hydrogen-bond acceptors (Lipinski definition) is 5. The van der Waals surface area contributed by atoms with Crippen molar-refractivity contribution in [1.82, 2.24) is 19.5 Å². The summed E-state index contributed by atoms with van der Waals surface area (Å²) < 4.78 is 16.0. The van der Waals surface area contributed by atoms with Crippen LogP contribution in [0, 0.1) is 0 Å². The Morgan fingerprint density at radius 3 is 1.70 bits per heavy atom. The quantitative estimate of drug-likeness (QED) is 0.177. The molecular weight excluding hydrogens is 773 g/mol. The second kappa shape index (κ2) is 12.9. The van der Waals surface area contributed by atoms with Crippen molar-refractivity contribution in [3.8, 4) is 39.9 Å². The van der Waals surface area contributed by atoms with Gasteiger partial charge in [-0.25, -0.2) is 15.0 Å². The number of hydrogen-bond donors (Lipinski definition) is 0. The number of para-hydroxylation sites is 4. The molecule has 14 aromatic rings. The molecule has 6 heteroatoms. The van der Waals surface area contributed by atoms with Gasteiger partial charge < -0.3 is 13.4 Å². The summed E-state index contributed by atoms with van der Waals surface area (Å²) in [7, 11) is 0. The Morgan fingerprint density at radius 1 is 0.333 bits per heavy atom. The van der Waals surface area contributed by atoms with Crippen molar-refractivity contribution >= 4 is 98.0 Å². The molecule has 0 atom stereocenters. The molecule has 14 rings (SSSR count). The van der Waals surface area contributed by atoms with Crippen LogP contribution in [-0.4, -0.2) is 19.5 Å². The molecule has 0 bridgehead atoms. The standard InChI is InChI=1S/C57H32N4O2/c1-2-14-34-29-37(28-27-33(34)13-1)55-58-56(44-23-11-21-42-40-19-8-10-26-50(40)62-53(42)44)60-57(59-55)45-24-12-22-43-52-41-20-6-5-17-38(41)49(32-51(52)63-54(43)45)61-47-25-9-7-18-39(47)46-30-35-15-3-4-16-36(35)31-48(46)61/h1-32H. The van der Waals surface area contributed by atoms with Crippen LogP contribution in [0.5, 0.6) is 0 Å². The van der Waals surface area contributed by atoms with E-state index in [1.54, 1.807) is 0 Å². The van der Waals surface area contributed by atoms with Crippen LogP contribution in [0.15, 0.2) is 203 Å². The molecule has 4 heterocycles. The Kier molecular flexibility index (Phi) is 7.02. The number of rotatable bonds is 4. The molecule has 0 unspecified atom stereocenters. The Labute approximate surface area is 358 Å². The first-order chi connectivity index (χ1) is 31.2. The van der Waals surface area contributed by atoms with E-state index in [1.807, 2.05) is 30.3 Å². The fourth-order valence-electron chi connectivity index (χ4n) is 9.92. The van der Waals surface area contributed by atoms with Gasteiger partial charge in [0.25, 0.3) is 0 Å². The van der Waals surface area contributed by atoms with Gasteiger partial charge in [0.15, 0.2) is 17.5 Å². The number of furan rings is 2. The minimum Gasteiger partial charge on any atom is -0.455 e. The maximum absolute atomic E-state index is 7.11. The summed E-state index contributed by atoms with van der Waals surface area (Å²) in [6, 6.07) is 68.0. The molecule has 0 saturated heterocycles. The van der Waals surface area contributed by atoms with Gasteiger partial charge in [0.1, 0.15) is 22.3 Å². The van der Waals surface area contributed by atoms with E-state index in [0.717, 1.165) is 93.2 Å². The third-order valence-corrected chi connectivity index (χ3v) is 12.8. The van der Waals surface area contributed by atoms with E-state index in [4.69, 9.17) is 23.8 Å². The van der Waals surface area contributed by atoms with Gasteiger partial charge in [-0.15, -0.1) is 0 Å². The van der Waals surface area contributed by atoms with Crippen molar-refractivity contribution in [2.45, 2.75) is 0 Å². The summed E-state index contributed by atoms with van der Waals surface area (Å²) in [5.74, 6) is 1.60. The molecule has 0 aliphatic rings. The molecule has 0 fully saturated rings. The van der Waals surface area contributed by atoms with Crippen LogP contribution >= 0.6 is 0 Å². The molecule has 0 aliphatic carbocycles. The first kappa shape index (κ1) is 34.1.